The van der Waals surface area contributed by atoms with Gasteiger partial charge in [0.15, 0.2) is 0 Å². The number of anilines is 1. The molecule has 2 heterocycles. The number of benzene rings is 3. The maximum atomic E-state index is 4.91. The number of allylic oxidation sites excluding steroid dienone is 1. The third-order valence-electron chi connectivity index (χ3n) is 7.45. The van der Waals surface area contributed by atoms with Gasteiger partial charge in [-0.1, -0.05) is 71.8 Å². The minimum absolute atomic E-state index is 0.139. The molecule has 5 rings (SSSR count). The van der Waals surface area contributed by atoms with Crippen molar-refractivity contribution in [3.63, 3.8) is 0 Å². The number of rotatable bonds is 4. The second kappa shape index (κ2) is 9.81. The van der Waals surface area contributed by atoms with Crippen LogP contribution in [0.4, 0.5) is 5.69 Å². The lowest BCUT2D eigenvalue weighted by Crippen LogP contribution is -2.38. The molecule has 184 valence electrons. The van der Waals surface area contributed by atoms with Crippen LogP contribution in [0, 0.1) is 47.5 Å². The summed E-state index contributed by atoms with van der Waals surface area (Å²) in [5.41, 5.74) is 13.0. The van der Waals surface area contributed by atoms with E-state index in [9.17, 15) is 0 Å². The average Bonchev–Trinajstić information content (AvgIpc) is 3.35. The molecule has 0 bridgehead atoms. The van der Waals surface area contributed by atoms with Crippen LogP contribution in [-0.4, -0.2) is 18.9 Å². The van der Waals surface area contributed by atoms with Gasteiger partial charge in [-0.3, -0.25) is 4.99 Å². The number of nitrogens with one attached hydrogen (secondary N) is 1. The van der Waals surface area contributed by atoms with Crippen molar-refractivity contribution in [3.05, 3.63) is 117 Å². The summed E-state index contributed by atoms with van der Waals surface area (Å²) in [6.45, 7) is 15.1. The molecule has 3 heteroatoms. The molecule has 3 aromatic rings. The molecule has 0 spiro atoms. The standard InChI is InChI=1S/C33H37N3/c1-21-16-23(3)30(24(4)17-21)31-28(33-34-13-14-35-33)12-15-36(29(31)20-27-10-8-7-9-11-27)32-25(5)18-22(2)19-26(32)6/h7-12,15-20,28,31H,13-14H2,1-6H3,(H,34,35). The summed E-state index contributed by atoms with van der Waals surface area (Å²) in [5, 5.41) is 3.60. The van der Waals surface area contributed by atoms with Crippen LogP contribution in [-0.2, 0) is 0 Å². The minimum atomic E-state index is 0.139. The Morgan fingerprint density at radius 2 is 1.44 bits per heavy atom. The van der Waals surface area contributed by atoms with E-state index < -0.39 is 0 Å². The van der Waals surface area contributed by atoms with Crippen LogP contribution in [0.25, 0.3) is 6.08 Å². The molecule has 2 aliphatic heterocycles. The quantitative estimate of drug-likeness (QED) is 0.428. The average molecular weight is 476 g/mol. The van der Waals surface area contributed by atoms with E-state index in [4.69, 9.17) is 4.99 Å². The predicted molar refractivity (Wildman–Crippen MR) is 154 cm³/mol. The molecule has 0 fully saturated rings. The first-order valence-electron chi connectivity index (χ1n) is 13.0. The molecule has 2 aliphatic rings. The van der Waals surface area contributed by atoms with E-state index in [0.29, 0.717) is 0 Å². The fourth-order valence-corrected chi connectivity index (χ4v) is 6.24. The second-order valence-corrected chi connectivity index (χ2v) is 10.4. The first-order valence-corrected chi connectivity index (χ1v) is 13.0. The molecule has 0 saturated carbocycles. The van der Waals surface area contributed by atoms with E-state index in [1.54, 1.807) is 0 Å². The Hall–Kier alpha value is -3.59. The fourth-order valence-electron chi connectivity index (χ4n) is 6.24. The van der Waals surface area contributed by atoms with Crippen molar-refractivity contribution in [3.8, 4) is 0 Å². The van der Waals surface area contributed by atoms with Crippen molar-refractivity contribution in [1.82, 2.24) is 5.32 Å². The Bertz CT molecular complexity index is 1330. The summed E-state index contributed by atoms with van der Waals surface area (Å²) in [5.74, 6) is 1.40. The van der Waals surface area contributed by atoms with Gasteiger partial charge in [-0.05, 0) is 81.0 Å². The van der Waals surface area contributed by atoms with Gasteiger partial charge in [0, 0.05) is 30.3 Å². The van der Waals surface area contributed by atoms with Crippen LogP contribution >= 0.6 is 0 Å². The molecule has 0 radical (unpaired) electrons. The van der Waals surface area contributed by atoms with Gasteiger partial charge >= 0.3 is 0 Å². The van der Waals surface area contributed by atoms with Gasteiger partial charge in [-0.25, -0.2) is 0 Å². The number of amidine groups is 1. The van der Waals surface area contributed by atoms with Crippen molar-refractivity contribution < 1.29 is 0 Å². The molecule has 2 unspecified atom stereocenters. The fraction of sp³-hybridized carbons (Fsp3) is 0.303. The number of aryl methyl sites for hydroxylation is 6. The molecule has 3 nitrogen and oxygen atoms in total. The smallest absolute Gasteiger partial charge is 0.104 e. The van der Waals surface area contributed by atoms with E-state index in [0.717, 1.165) is 18.9 Å². The van der Waals surface area contributed by atoms with Crippen LogP contribution in [0.2, 0.25) is 0 Å². The Morgan fingerprint density at radius 3 is 2.03 bits per heavy atom. The van der Waals surface area contributed by atoms with Crippen molar-refractivity contribution in [2.24, 2.45) is 10.9 Å². The third-order valence-corrected chi connectivity index (χ3v) is 7.45. The monoisotopic (exact) mass is 475 g/mol. The van der Waals surface area contributed by atoms with Crippen molar-refractivity contribution >= 4 is 17.6 Å². The molecular formula is C33H37N3. The van der Waals surface area contributed by atoms with Crippen molar-refractivity contribution in [2.45, 2.75) is 47.5 Å². The molecule has 3 aromatic carbocycles. The number of hydrogen-bond donors (Lipinski definition) is 1. The zero-order chi connectivity index (χ0) is 25.4. The predicted octanol–water partition coefficient (Wildman–Crippen LogP) is 7.31. The van der Waals surface area contributed by atoms with E-state index in [-0.39, 0.29) is 11.8 Å². The summed E-state index contributed by atoms with van der Waals surface area (Å²) < 4.78 is 0. The molecule has 36 heavy (non-hydrogen) atoms. The van der Waals surface area contributed by atoms with Gasteiger partial charge in [0.1, 0.15) is 5.84 Å². The first-order chi connectivity index (χ1) is 17.3. The summed E-state index contributed by atoms with van der Waals surface area (Å²) in [6.07, 6.45) is 7.03. The molecule has 0 aliphatic carbocycles. The highest BCUT2D eigenvalue weighted by atomic mass is 15.2. The lowest BCUT2D eigenvalue weighted by atomic mass is 9.75. The van der Waals surface area contributed by atoms with Gasteiger partial charge in [-0.15, -0.1) is 0 Å². The highest BCUT2D eigenvalue weighted by Gasteiger charge is 2.38. The van der Waals surface area contributed by atoms with E-state index in [1.165, 1.54) is 55.9 Å². The van der Waals surface area contributed by atoms with Crippen molar-refractivity contribution in [1.29, 1.82) is 0 Å². The third kappa shape index (κ3) is 4.51. The van der Waals surface area contributed by atoms with Crippen LogP contribution in [0.5, 0.6) is 0 Å². The van der Waals surface area contributed by atoms with E-state index in [2.05, 4.69) is 125 Å². The summed E-state index contributed by atoms with van der Waals surface area (Å²) in [7, 11) is 0. The molecule has 1 N–H and O–H groups in total. The van der Waals surface area contributed by atoms with E-state index in [1.807, 2.05) is 0 Å². The van der Waals surface area contributed by atoms with Crippen LogP contribution < -0.4 is 10.2 Å². The SMILES string of the molecule is Cc1cc(C)c(C2C(=Cc3ccccc3)N(c3c(C)cc(C)cc3C)C=CC2C2=NCCN2)c(C)c1. The molecule has 2 atom stereocenters. The van der Waals surface area contributed by atoms with E-state index >= 15 is 0 Å². The van der Waals surface area contributed by atoms with Gasteiger partial charge in [-0.2, -0.15) is 0 Å². The summed E-state index contributed by atoms with van der Waals surface area (Å²) >= 11 is 0. The Kier molecular flexibility index (Phi) is 6.57. The number of hydrogen-bond acceptors (Lipinski definition) is 3. The van der Waals surface area contributed by atoms with Crippen molar-refractivity contribution in [2.75, 3.05) is 18.0 Å². The highest BCUT2D eigenvalue weighted by molar-refractivity contribution is 5.91. The zero-order valence-corrected chi connectivity index (χ0v) is 22.4. The summed E-state index contributed by atoms with van der Waals surface area (Å²) in [4.78, 5) is 7.34. The Morgan fingerprint density at radius 1 is 0.833 bits per heavy atom. The maximum absolute atomic E-state index is 4.91. The Balaban J connectivity index is 1.80. The Labute approximate surface area is 216 Å². The largest absolute Gasteiger partial charge is 0.371 e. The van der Waals surface area contributed by atoms with Gasteiger partial charge in [0.05, 0.1) is 12.2 Å². The number of aliphatic imine (C=N–C) groups is 1. The van der Waals surface area contributed by atoms with Crippen LogP contribution in [0.15, 0.2) is 77.6 Å². The normalized spacial score (nSPS) is 20.6. The molecule has 0 amide bonds. The molecule has 0 aromatic heterocycles. The van der Waals surface area contributed by atoms with Crippen LogP contribution in [0.1, 0.15) is 50.4 Å². The summed E-state index contributed by atoms with van der Waals surface area (Å²) in [6, 6.07) is 20.0. The van der Waals surface area contributed by atoms with Gasteiger partial charge < -0.3 is 10.2 Å². The zero-order valence-electron chi connectivity index (χ0n) is 22.4. The van der Waals surface area contributed by atoms with Gasteiger partial charge in [0.25, 0.3) is 0 Å². The lowest BCUT2D eigenvalue weighted by molar-refractivity contribution is 0.649. The highest BCUT2D eigenvalue weighted by Crippen LogP contribution is 2.46. The maximum Gasteiger partial charge on any atom is 0.104 e. The topological polar surface area (TPSA) is 27.6 Å². The second-order valence-electron chi connectivity index (χ2n) is 10.4. The van der Waals surface area contributed by atoms with Gasteiger partial charge in [0.2, 0.25) is 0 Å². The van der Waals surface area contributed by atoms with Crippen LogP contribution in [0.3, 0.4) is 0 Å². The lowest BCUT2D eigenvalue weighted by Gasteiger charge is -2.40. The first kappa shape index (κ1) is 24.1. The number of nitrogens with zero attached hydrogens (tertiary/aromatic N) is 2. The molecule has 0 saturated heterocycles. The molecular weight excluding hydrogens is 438 g/mol. The minimum Gasteiger partial charge on any atom is -0.371 e.